The van der Waals surface area contributed by atoms with Crippen LogP contribution in [0.1, 0.15) is 25.7 Å². The summed E-state index contributed by atoms with van der Waals surface area (Å²) in [5.41, 5.74) is 5.91. The van der Waals surface area contributed by atoms with E-state index in [1.165, 1.54) is 6.33 Å². The van der Waals surface area contributed by atoms with Crippen molar-refractivity contribution in [1.29, 1.82) is 0 Å². The lowest BCUT2D eigenvalue weighted by Gasteiger charge is -2.35. The molecule has 0 amide bonds. The molecule has 1 fully saturated rings. The van der Waals surface area contributed by atoms with Crippen molar-refractivity contribution in [2.24, 2.45) is 5.73 Å². The Kier molecular flexibility index (Phi) is 3.33. The lowest BCUT2D eigenvalue weighted by Crippen LogP contribution is -2.46. The van der Waals surface area contributed by atoms with E-state index in [2.05, 4.69) is 22.0 Å². The number of hydrogen-bond donors (Lipinski definition) is 1. The van der Waals surface area contributed by atoms with E-state index in [1.54, 1.807) is 0 Å². The van der Waals surface area contributed by atoms with Gasteiger partial charge in [0, 0.05) is 25.0 Å². The van der Waals surface area contributed by atoms with Gasteiger partial charge in [-0.05, 0) is 26.3 Å². The molecule has 2 rings (SSSR count). The Morgan fingerprint density at radius 1 is 1.67 bits per heavy atom. The normalized spacial score (nSPS) is 28.1. The first-order valence-corrected chi connectivity index (χ1v) is 5.51. The average molecular weight is 210 g/mol. The second kappa shape index (κ2) is 4.72. The molecule has 2 unspecified atom stereocenters. The number of nitrogens with zero attached hydrogens (tertiary/aromatic N) is 3. The molecule has 1 saturated heterocycles. The minimum atomic E-state index is 0.375. The Bertz CT molecular complexity index is 288. The Morgan fingerprint density at radius 2 is 2.53 bits per heavy atom. The van der Waals surface area contributed by atoms with Crippen LogP contribution in [0.5, 0.6) is 0 Å². The Hall–Kier alpha value is -0.940. The van der Waals surface area contributed by atoms with Gasteiger partial charge in [0.25, 0.3) is 0 Å². The van der Waals surface area contributed by atoms with Crippen LogP contribution in [0, 0.1) is 0 Å². The van der Waals surface area contributed by atoms with E-state index in [4.69, 9.17) is 10.3 Å². The topological polar surface area (TPSA) is 68.2 Å². The number of rotatable bonds is 3. The van der Waals surface area contributed by atoms with Crippen LogP contribution in [-0.4, -0.2) is 40.2 Å². The molecule has 84 valence electrons. The second-order valence-electron chi connectivity index (χ2n) is 4.25. The molecule has 0 aliphatic carbocycles. The highest BCUT2D eigenvalue weighted by Gasteiger charge is 2.22. The quantitative estimate of drug-likeness (QED) is 0.783. The Morgan fingerprint density at radius 3 is 3.20 bits per heavy atom. The summed E-state index contributed by atoms with van der Waals surface area (Å²) in [4.78, 5) is 6.45. The van der Waals surface area contributed by atoms with Gasteiger partial charge in [-0.25, -0.2) is 0 Å². The molecule has 1 aromatic heterocycles. The molecule has 0 saturated carbocycles. The van der Waals surface area contributed by atoms with Gasteiger partial charge in [-0.1, -0.05) is 5.16 Å². The summed E-state index contributed by atoms with van der Waals surface area (Å²) in [7, 11) is 0. The van der Waals surface area contributed by atoms with Gasteiger partial charge in [0.1, 0.15) is 0 Å². The van der Waals surface area contributed by atoms with Crippen LogP contribution in [0.4, 0.5) is 0 Å². The summed E-state index contributed by atoms with van der Waals surface area (Å²) in [6.07, 6.45) is 4.46. The Balaban J connectivity index is 1.79. The zero-order valence-corrected chi connectivity index (χ0v) is 9.09. The maximum Gasteiger partial charge on any atom is 0.227 e. The third-order valence-electron chi connectivity index (χ3n) is 3.07. The zero-order chi connectivity index (χ0) is 10.7. The zero-order valence-electron chi connectivity index (χ0n) is 9.09. The molecule has 0 radical (unpaired) electrons. The van der Waals surface area contributed by atoms with Crippen molar-refractivity contribution in [2.45, 2.75) is 38.3 Å². The number of piperidine rings is 1. The van der Waals surface area contributed by atoms with E-state index in [0.29, 0.717) is 12.1 Å². The summed E-state index contributed by atoms with van der Waals surface area (Å²) in [6.45, 7) is 4.29. The molecule has 1 aliphatic heterocycles. The van der Waals surface area contributed by atoms with Crippen molar-refractivity contribution in [3.63, 3.8) is 0 Å². The summed E-state index contributed by atoms with van der Waals surface area (Å²) in [6, 6.07) is 0.941. The van der Waals surface area contributed by atoms with Crippen LogP contribution in [0.25, 0.3) is 0 Å². The predicted octanol–water partition coefficient (Wildman–Crippen LogP) is 0.424. The van der Waals surface area contributed by atoms with Crippen LogP contribution in [0.15, 0.2) is 10.9 Å². The van der Waals surface area contributed by atoms with E-state index in [9.17, 15) is 0 Å². The maximum atomic E-state index is 5.91. The van der Waals surface area contributed by atoms with Crippen LogP contribution in [0.2, 0.25) is 0 Å². The third-order valence-corrected chi connectivity index (χ3v) is 3.07. The van der Waals surface area contributed by atoms with Gasteiger partial charge in [0.2, 0.25) is 5.89 Å². The van der Waals surface area contributed by atoms with Crippen molar-refractivity contribution in [3.05, 3.63) is 12.2 Å². The minimum Gasteiger partial charge on any atom is -0.340 e. The predicted molar refractivity (Wildman–Crippen MR) is 56.2 cm³/mol. The smallest absolute Gasteiger partial charge is 0.227 e. The largest absolute Gasteiger partial charge is 0.340 e. The lowest BCUT2D eigenvalue weighted by atomic mass is 9.99. The van der Waals surface area contributed by atoms with E-state index in [-0.39, 0.29) is 0 Å². The molecular formula is C10H18N4O. The van der Waals surface area contributed by atoms with Gasteiger partial charge in [-0.2, -0.15) is 4.98 Å². The lowest BCUT2D eigenvalue weighted by molar-refractivity contribution is 0.145. The minimum absolute atomic E-state index is 0.375. The highest BCUT2D eigenvalue weighted by molar-refractivity contribution is 4.83. The molecule has 15 heavy (non-hydrogen) atoms. The number of hydrogen-bond acceptors (Lipinski definition) is 5. The van der Waals surface area contributed by atoms with Gasteiger partial charge in [-0.15, -0.1) is 0 Å². The van der Waals surface area contributed by atoms with E-state index in [0.717, 1.165) is 38.2 Å². The van der Waals surface area contributed by atoms with Gasteiger partial charge >= 0.3 is 0 Å². The first-order chi connectivity index (χ1) is 7.25. The van der Waals surface area contributed by atoms with Crippen molar-refractivity contribution in [3.8, 4) is 0 Å². The molecule has 5 nitrogen and oxygen atoms in total. The van der Waals surface area contributed by atoms with Crippen LogP contribution in [0.3, 0.4) is 0 Å². The summed E-state index contributed by atoms with van der Waals surface area (Å²) < 4.78 is 4.97. The number of nitrogens with two attached hydrogens (primary N) is 1. The Labute approximate surface area is 89.6 Å². The summed E-state index contributed by atoms with van der Waals surface area (Å²) in [5.74, 6) is 0.720. The fourth-order valence-corrected chi connectivity index (χ4v) is 2.13. The van der Waals surface area contributed by atoms with Gasteiger partial charge in [0.05, 0.1) is 0 Å². The first kappa shape index (κ1) is 10.6. The second-order valence-corrected chi connectivity index (χ2v) is 4.25. The molecule has 2 N–H and O–H groups in total. The van der Waals surface area contributed by atoms with Gasteiger partial charge in [0.15, 0.2) is 6.33 Å². The molecule has 1 aromatic rings. The highest BCUT2D eigenvalue weighted by atomic mass is 16.5. The fraction of sp³-hybridized carbons (Fsp3) is 0.800. The molecule has 0 bridgehead atoms. The van der Waals surface area contributed by atoms with E-state index >= 15 is 0 Å². The van der Waals surface area contributed by atoms with Crippen molar-refractivity contribution in [1.82, 2.24) is 15.0 Å². The highest BCUT2D eigenvalue weighted by Crippen LogP contribution is 2.15. The summed E-state index contributed by atoms with van der Waals surface area (Å²) in [5, 5.41) is 3.59. The molecule has 2 atom stereocenters. The molecule has 0 aromatic carbocycles. The monoisotopic (exact) mass is 210 g/mol. The van der Waals surface area contributed by atoms with Crippen molar-refractivity contribution < 1.29 is 4.52 Å². The molecular weight excluding hydrogens is 192 g/mol. The number of aromatic nitrogens is 2. The van der Waals surface area contributed by atoms with Crippen LogP contribution in [-0.2, 0) is 6.42 Å². The molecule has 5 heteroatoms. The van der Waals surface area contributed by atoms with Crippen LogP contribution < -0.4 is 5.73 Å². The average Bonchev–Trinajstić information content (AvgIpc) is 2.69. The third kappa shape index (κ3) is 2.76. The SMILES string of the molecule is CC1CC(N)CCN1CCc1ncno1. The fourth-order valence-electron chi connectivity index (χ4n) is 2.13. The standard InChI is InChI=1S/C10H18N4O/c1-8-6-9(11)2-4-14(8)5-3-10-12-7-13-15-10/h7-9H,2-6,11H2,1H3. The van der Waals surface area contributed by atoms with Crippen molar-refractivity contribution >= 4 is 0 Å². The first-order valence-electron chi connectivity index (χ1n) is 5.51. The molecule has 0 spiro atoms. The van der Waals surface area contributed by atoms with Crippen LogP contribution >= 0.6 is 0 Å². The molecule has 1 aliphatic rings. The van der Waals surface area contributed by atoms with E-state index < -0.39 is 0 Å². The van der Waals surface area contributed by atoms with Gasteiger partial charge in [-0.3, -0.25) is 0 Å². The number of likely N-dealkylation sites (tertiary alicyclic amines) is 1. The van der Waals surface area contributed by atoms with Gasteiger partial charge < -0.3 is 15.2 Å². The summed E-state index contributed by atoms with van der Waals surface area (Å²) >= 11 is 0. The molecule has 2 heterocycles. The maximum absolute atomic E-state index is 5.91. The van der Waals surface area contributed by atoms with Crippen molar-refractivity contribution in [2.75, 3.05) is 13.1 Å². The van der Waals surface area contributed by atoms with E-state index in [1.807, 2.05) is 0 Å².